The van der Waals surface area contributed by atoms with E-state index in [1.54, 1.807) is 0 Å². The third-order valence-corrected chi connectivity index (χ3v) is 5.53. The predicted octanol–water partition coefficient (Wildman–Crippen LogP) is 3.50. The van der Waals surface area contributed by atoms with Gasteiger partial charge in [0.15, 0.2) is 0 Å². The lowest BCUT2D eigenvalue weighted by Crippen LogP contribution is -2.15. The molecule has 0 bridgehead atoms. The highest BCUT2D eigenvalue weighted by atomic mass is 32.2. The van der Waals surface area contributed by atoms with Crippen molar-refractivity contribution in [2.45, 2.75) is 30.6 Å². The number of thioether (sulfide) groups is 3. The van der Waals surface area contributed by atoms with E-state index in [2.05, 4.69) is 75.1 Å². The lowest BCUT2D eigenvalue weighted by molar-refractivity contribution is 0.437. The van der Waals surface area contributed by atoms with E-state index < -0.39 is 0 Å². The van der Waals surface area contributed by atoms with Gasteiger partial charge in [-0.25, -0.2) is 0 Å². The van der Waals surface area contributed by atoms with Gasteiger partial charge in [0, 0.05) is 33.6 Å². The van der Waals surface area contributed by atoms with Gasteiger partial charge in [-0.2, -0.15) is 11.8 Å². The van der Waals surface area contributed by atoms with Crippen molar-refractivity contribution in [3.8, 4) is 0 Å². The SMILES string of the molecule is CC(C)SC(C)SCCSCCN(C)C. The van der Waals surface area contributed by atoms with Crippen LogP contribution in [0.25, 0.3) is 0 Å². The van der Waals surface area contributed by atoms with Gasteiger partial charge in [0.2, 0.25) is 0 Å². The third kappa shape index (κ3) is 12.9. The Morgan fingerprint density at radius 1 is 1.00 bits per heavy atom. The van der Waals surface area contributed by atoms with Crippen LogP contribution < -0.4 is 0 Å². The first-order valence-electron chi connectivity index (χ1n) is 5.52. The van der Waals surface area contributed by atoms with E-state index in [0.29, 0.717) is 0 Å². The fraction of sp³-hybridized carbons (Fsp3) is 1.00. The summed E-state index contributed by atoms with van der Waals surface area (Å²) in [6.07, 6.45) is 0. The van der Waals surface area contributed by atoms with Crippen molar-refractivity contribution in [2.24, 2.45) is 0 Å². The number of nitrogens with zero attached hydrogens (tertiary/aromatic N) is 1. The molecule has 1 atom stereocenters. The minimum atomic E-state index is 0.749. The van der Waals surface area contributed by atoms with Gasteiger partial charge in [0.1, 0.15) is 0 Å². The molecule has 0 aromatic heterocycles. The van der Waals surface area contributed by atoms with Crippen LogP contribution in [0.2, 0.25) is 0 Å². The van der Waals surface area contributed by atoms with E-state index in [-0.39, 0.29) is 0 Å². The Kier molecular flexibility index (Phi) is 10.9. The van der Waals surface area contributed by atoms with Crippen molar-refractivity contribution in [3.05, 3.63) is 0 Å². The van der Waals surface area contributed by atoms with Crippen molar-refractivity contribution in [2.75, 3.05) is 37.9 Å². The second kappa shape index (κ2) is 10.2. The summed E-state index contributed by atoms with van der Waals surface area (Å²) in [5.41, 5.74) is 0. The van der Waals surface area contributed by atoms with Crippen molar-refractivity contribution in [1.29, 1.82) is 0 Å². The Hall–Kier alpha value is 1.01. The first-order valence-corrected chi connectivity index (χ1v) is 8.66. The summed E-state index contributed by atoms with van der Waals surface area (Å²) >= 11 is 6.23. The first-order chi connectivity index (χ1) is 7.02. The minimum Gasteiger partial charge on any atom is -0.309 e. The molecular formula is C11H25NS3. The summed E-state index contributed by atoms with van der Waals surface area (Å²) in [5, 5.41) is 0.758. The molecule has 4 heteroatoms. The largest absolute Gasteiger partial charge is 0.309 e. The summed E-state index contributed by atoms with van der Waals surface area (Å²) in [7, 11) is 4.27. The van der Waals surface area contributed by atoms with Gasteiger partial charge in [0.05, 0.1) is 0 Å². The molecule has 1 nitrogen and oxygen atoms in total. The summed E-state index contributed by atoms with van der Waals surface area (Å²) in [5.74, 6) is 3.85. The highest BCUT2D eigenvalue weighted by molar-refractivity contribution is 8.17. The van der Waals surface area contributed by atoms with Crippen LogP contribution in [0, 0.1) is 0 Å². The summed E-state index contributed by atoms with van der Waals surface area (Å²) in [6, 6.07) is 0. The van der Waals surface area contributed by atoms with E-state index in [9.17, 15) is 0 Å². The van der Waals surface area contributed by atoms with E-state index in [0.717, 1.165) is 9.83 Å². The molecule has 0 aliphatic rings. The van der Waals surface area contributed by atoms with Crippen LogP contribution in [0.5, 0.6) is 0 Å². The molecule has 0 heterocycles. The normalized spacial score (nSPS) is 13.8. The summed E-state index contributed by atoms with van der Waals surface area (Å²) < 4.78 is 0.749. The lowest BCUT2D eigenvalue weighted by atomic mass is 10.6. The van der Waals surface area contributed by atoms with Crippen LogP contribution >= 0.6 is 35.3 Å². The molecule has 0 rings (SSSR count). The molecule has 0 saturated carbocycles. The van der Waals surface area contributed by atoms with Crippen LogP contribution in [-0.2, 0) is 0 Å². The van der Waals surface area contributed by atoms with E-state index >= 15 is 0 Å². The Bertz CT molecular complexity index is 140. The maximum atomic E-state index is 2.32. The fourth-order valence-corrected chi connectivity index (χ4v) is 4.97. The van der Waals surface area contributed by atoms with Crippen molar-refractivity contribution >= 4 is 35.3 Å². The Labute approximate surface area is 109 Å². The quantitative estimate of drug-likeness (QED) is 0.464. The second-order valence-corrected chi connectivity index (χ2v) is 8.93. The fourth-order valence-electron chi connectivity index (χ4n) is 1.04. The minimum absolute atomic E-state index is 0.749. The van der Waals surface area contributed by atoms with Gasteiger partial charge in [-0.15, -0.1) is 23.5 Å². The molecule has 0 saturated heterocycles. The zero-order valence-corrected chi connectivity index (χ0v) is 13.1. The first kappa shape index (κ1) is 16.0. The molecule has 0 fully saturated rings. The van der Waals surface area contributed by atoms with Gasteiger partial charge in [-0.3, -0.25) is 0 Å². The molecule has 0 aromatic rings. The molecule has 0 aliphatic heterocycles. The molecule has 15 heavy (non-hydrogen) atoms. The Morgan fingerprint density at radius 2 is 1.67 bits per heavy atom. The van der Waals surface area contributed by atoms with Gasteiger partial charge in [-0.1, -0.05) is 13.8 Å². The Morgan fingerprint density at radius 3 is 2.20 bits per heavy atom. The zero-order valence-electron chi connectivity index (χ0n) is 10.7. The monoisotopic (exact) mass is 267 g/mol. The average molecular weight is 268 g/mol. The standard InChI is InChI=1S/C11H25NS3/c1-10(2)15-11(3)14-9-8-13-7-6-12(4)5/h10-11H,6-9H2,1-5H3. The van der Waals surface area contributed by atoms with E-state index in [4.69, 9.17) is 0 Å². The second-order valence-electron chi connectivity index (χ2n) is 4.04. The highest BCUT2D eigenvalue weighted by Gasteiger charge is 2.04. The predicted molar refractivity (Wildman–Crippen MR) is 80.5 cm³/mol. The molecular weight excluding hydrogens is 242 g/mol. The molecule has 1 unspecified atom stereocenters. The summed E-state index contributed by atoms with van der Waals surface area (Å²) in [6.45, 7) is 8.06. The van der Waals surface area contributed by atoms with E-state index in [1.165, 1.54) is 23.8 Å². The van der Waals surface area contributed by atoms with Crippen LogP contribution in [0.1, 0.15) is 20.8 Å². The zero-order chi connectivity index (χ0) is 11.7. The average Bonchev–Trinajstić information content (AvgIpc) is 2.09. The van der Waals surface area contributed by atoms with Gasteiger partial charge >= 0.3 is 0 Å². The van der Waals surface area contributed by atoms with Crippen molar-refractivity contribution in [1.82, 2.24) is 4.90 Å². The van der Waals surface area contributed by atoms with Crippen molar-refractivity contribution in [3.63, 3.8) is 0 Å². The molecule has 0 radical (unpaired) electrons. The van der Waals surface area contributed by atoms with Crippen LogP contribution in [-0.4, -0.2) is 52.6 Å². The van der Waals surface area contributed by atoms with E-state index in [1.807, 2.05) is 0 Å². The lowest BCUT2D eigenvalue weighted by Gasteiger charge is -2.13. The maximum Gasteiger partial charge on any atom is 0.0477 e. The Balaban J connectivity index is 3.16. The third-order valence-electron chi connectivity index (χ3n) is 1.73. The number of rotatable bonds is 9. The number of hydrogen-bond acceptors (Lipinski definition) is 4. The van der Waals surface area contributed by atoms with Crippen LogP contribution in [0.4, 0.5) is 0 Å². The topological polar surface area (TPSA) is 3.24 Å². The molecule has 0 amide bonds. The highest BCUT2D eigenvalue weighted by Crippen LogP contribution is 2.27. The molecule has 0 spiro atoms. The van der Waals surface area contributed by atoms with Crippen molar-refractivity contribution < 1.29 is 0 Å². The molecule has 92 valence electrons. The van der Waals surface area contributed by atoms with Crippen LogP contribution in [0.3, 0.4) is 0 Å². The van der Waals surface area contributed by atoms with Gasteiger partial charge in [0.25, 0.3) is 0 Å². The summed E-state index contributed by atoms with van der Waals surface area (Å²) in [4.78, 5) is 2.25. The molecule has 0 aliphatic carbocycles. The smallest absolute Gasteiger partial charge is 0.0477 e. The maximum absolute atomic E-state index is 2.32. The number of hydrogen-bond donors (Lipinski definition) is 0. The molecule has 0 aromatic carbocycles. The van der Waals surface area contributed by atoms with Gasteiger partial charge < -0.3 is 4.90 Å². The van der Waals surface area contributed by atoms with Crippen LogP contribution in [0.15, 0.2) is 0 Å². The molecule has 0 N–H and O–H groups in total. The van der Waals surface area contributed by atoms with Gasteiger partial charge in [-0.05, 0) is 21.0 Å².